The third-order valence-corrected chi connectivity index (χ3v) is 6.71. The van der Waals surface area contributed by atoms with Gasteiger partial charge in [0, 0.05) is 18.5 Å². The van der Waals surface area contributed by atoms with Crippen molar-refractivity contribution in [2.45, 2.75) is 39.5 Å². The molecule has 0 unspecified atom stereocenters. The fraction of sp³-hybridized carbons (Fsp3) is 0.667. The van der Waals surface area contributed by atoms with Crippen molar-refractivity contribution in [1.29, 1.82) is 0 Å². The predicted molar refractivity (Wildman–Crippen MR) is 96.1 cm³/mol. The molecule has 1 aliphatic heterocycles. The summed E-state index contributed by atoms with van der Waals surface area (Å²) in [5.41, 5.74) is 1.42. The summed E-state index contributed by atoms with van der Waals surface area (Å²) in [5.74, 6) is -0.902. The molecule has 1 atom stereocenters. The number of carboxylic acid groups (broad SMARTS) is 1. The molecular weight excluding hydrogens is 324 g/mol. The Balaban J connectivity index is 1.94. The molecule has 0 radical (unpaired) electrons. The Labute approximate surface area is 147 Å². The first-order valence-electron chi connectivity index (χ1n) is 8.53. The van der Waals surface area contributed by atoms with Gasteiger partial charge >= 0.3 is 5.97 Å². The Morgan fingerprint density at radius 1 is 1.38 bits per heavy atom. The second-order valence-electron chi connectivity index (χ2n) is 7.98. The largest absolute Gasteiger partial charge is 0.478 e. The number of rotatable bonds is 3. The number of aryl methyl sites for hydroxylation is 1. The first-order chi connectivity index (χ1) is 11.2. The van der Waals surface area contributed by atoms with E-state index in [9.17, 15) is 14.7 Å². The first-order valence-corrected chi connectivity index (χ1v) is 9.35. The van der Waals surface area contributed by atoms with Crippen LogP contribution in [0.25, 0.3) is 0 Å². The van der Waals surface area contributed by atoms with Gasteiger partial charge in [-0.25, -0.2) is 4.79 Å². The van der Waals surface area contributed by atoms with E-state index < -0.39 is 5.97 Å². The van der Waals surface area contributed by atoms with Gasteiger partial charge in [0.05, 0.1) is 11.5 Å². The molecule has 1 fully saturated rings. The number of fused-ring (bicyclic) bond motifs is 1. The summed E-state index contributed by atoms with van der Waals surface area (Å²) in [6.07, 6.45) is 3.58. The highest BCUT2D eigenvalue weighted by atomic mass is 32.1. The van der Waals surface area contributed by atoms with Crippen molar-refractivity contribution in [1.82, 2.24) is 4.90 Å². The molecule has 24 heavy (non-hydrogen) atoms. The third kappa shape index (κ3) is 3.09. The van der Waals surface area contributed by atoms with E-state index in [0.717, 1.165) is 49.2 Å². The van der Waals surface area contributed by atoms with Crippen LogP contribution in [0, 0.1) is 11.3 Å². The van der Waals surface area contributed by atoms with E-state index >= 15 is 0 Å². The van der Waals surface area contributed by atoms with Crippen LogP contribution in [0.4, 0.5) is 5.00 Å². The Morgan fingerprint density at radius 2 is 2.08 bits per heavy atom. The summed E-state index contributed by atoms with van der Waals surface area (Å²) < 4.78 is 0. The quantitative estimate of drug-likeness (QED) is 0.911. The smallest absolute Gasteiger partial charge is 0.339 e. The van der Waals surface area contributed by atoms with Crippen LogP contribution in [-0.4, -0.2) is 49.1 Å². The summed E-state index contributed by atoms with van der Waals surface area (Å²) in [7, 11) is 3.75. The van der Waals surface area contributed by atoms with Crippen LogP contribution in [-0.2, 0) is 17.6 Å². The van der Waals surface area contributed by atoms with E-state index in [-0.39, 0.29) is 17.2 Å². The molecule has 1 saturated heterocycles. The zero-order valence-electron chi connectivity index (χ0n) is 14.9. The molecule has 3 rings (SSSR count). The standard InChI is InChI=1S/C18H26N2O3S/c1-18(2)7-5-13-12(9-18)14(17(22)23)16(24-13)20(4)15(21)11-6-8-19(3)10-11/h11H,5-10H2,1-4H3,(H,22,23)/t11-/m0/s1. The number of thiophene rings is 1. The molecule has 1 aromatic rings. The molecule has 6 heteroatoms. The van der Waals surface area contributed by atoms with Crippen molar-refractivity contribution in [2.75, 3.05) is 32.1 Å². The lowest BCUT2D eigenvalue weighted by molar-refractivity contribution is -0.121. The van der Waals surface area contributed by atoms with Crippen LogP contribution >= 0.6 is 11.3 Å². The topological polar surface area (TPSA) is 60.9 Å². The van der Waals surface area contributed by atoms with E-state index in [1.165, 1.54) is 11.3 Å². The van der Waals surface area contributed by atoms with E-state index in [2.05, 4.69) is 18.7 Å². The van der Waals surface area contributed by atoms with Crippen molar-refractivity contribution in [3.05, 3.63) is 16.0 Å². The molecule has 1 aliphatic carbocycles. The maximum atomic E-state index is 12.8. The number of carbonyl (C=O) groups excluding carboxylic acids is 1. The average molecular weight is 350 g/mol. The molecule has 0 aromatic carbocycles. The SMILES string of the molecule is CN1CC[C@H](C(=O)N(C)c2sc3c(c2C(=O)O)CC(C)(C)CC3)C1. The number of nitrogens with zero attached hydrogens (tertiary/aromatic N) is 2. The van der Waals surface area contributed by atoms with Gasteiger partial charge in [-0.15, -0.1) is 11.3 Å². The molecule has 2 aliphatic rings. The number of carboxylic acids is 1. The van der Waals surface area contributed by atoms with Crippen LogP contribution in [0.15, 0.2) is 0 Å². The Bertz CT molecular complexity index is 680. The van der Waals surface area contributed by atoms with Crippen molar-refractivity contribution < 1.29 is 14.7 Å². The van der Waals surface area contributed by atoms with Crippen LogP contribution in [0.3, 0.4) is 0 Å². The van der Waals surface area contributed by atoms with Gasteiger partial charge in [-0.1, -0.05) is 13.8 Å². The van der Waals surface area contributed by atoms with Crippen LogP contribution in [0.2, 0.25) is 0 Å². The minimum Gasteiger partial charge on any atom is -0.478 e. The first kappa shape index (κ1) is 17.4. The molecule has 2 heterocycles. The summed E-state index contributed by atoms with van der Waals surface area (Å²) in [6, 6.07) is 0. The Kier molecular flexibility index (Phi) is 4.47. The van der Waals surface area contributed by atoms with Gasteiger partial charge < -0.3 is 14.9 Å². The van der Waals surface area contributed by atoms with Crippen LogP contribution < -0.4 is 4.90 Å². The molecule has 0 saturated carbocycles. The molecule has 132 valence electrons. The van der Waals surface area contributed by atoms with Gasteiger partial charge in [0.2, 0.25) is 5.91 Å². The van der Waals surface area contributed by atoms with E-state index in [1.807, 2.05) is 7.05 Å². The van der Waals surface area contributed by atoms with Crippen molar-refractivity contribution in [2.24, 2.45) is 11.3 Å². The second kappa shape index (κ2) is 6.15. The fourth-order valence-electron chi connectivity index (χ4n) is 3.87. The monoisotopic (exact) mass is 350 g/mol. The minimum absolute atomic E-state index is 0.0304. The Hall–Kier alpha value is -1.40. The van der Waals surface area contributed by atoms with Gasteiger partial charge in [0.1, 0.15) is 5.00 Å². The number of anilines is 1. The van der Waals surface area contributed by atoms with Gasteiger partial charge in [0.15, 0.2) is 0 Å². The number of carbonyl (C=O) groups is 2. The lowest BCUT2D eigenvalue weighted by atomic mass is 9.76. The van der Waals surface area contributed by atoms with Crippen LogP contribution in [0.1, 0.15) is 47.5 Å². The molecule has 5 nitrogen and oxygen atoms in total. The van der Waals surface area contributed by atoms with Gasteiger partial charge in [0.25, 0.3) is 0 Å². The lowest BCUT2D eigenvalue weighted by Crippen LogP contribution is -2.34. The molecular formula is C18H26N2O3S. The average Bonchev–Trinajstić information content (AvgIpc) is 3.08. The maximum Gasteiger partial charge on any atom is 0.339 e. The van der Waals surface area contributed by atoms with E-state index in [4.69, 9.17) is 0 Å². The molecule has 1 N–H and O–H groups in total. The molecule has 0 bridgehead atoms. The predicted octanol–water partition coefficient (Wildman–Crippen LogP) is 2.88. The third-order valence-electron chi connectivity index (χ3n) is 5.35. The minimum atomic E-state index is -0.914. The zero-order chi connectivity index (χ0) is 17.6. The summed E-state index contributed by atoms with van der Waals surface area (Å²) in [4.78, 5) is 29.6. The van der Waals surface area contributed by atoms with Crippen molar-refractivity contribution >= 4 is 28.2 Å². The number of aromatic carboxylic acids is 1. The Morgan fingerprint density at radius 3 is 2.67 bits per heavy atom. The number of amides is 1. The van der Waals surface area contributed by atoms with Gasteiger partial charge in [-0.3, -0.25) is 4.79 Å². The number of hydrogen-bond acceptors (Lipinski definition) is 4. The van der Waals surface area contributed by atoms with E-state index in [1.54, 1.807) is 11.9 Å². The van der Waals surface area contributed by atoms with Gasteiger partial charge in [-0.2, -0.15) is 0 Å². The number of likely N-dealkylation sites (tertiary alicyclic amines) is 1. The summed E-state index contributed by atoms with van der Waals surface area (Å²) in [6.45, 7) is 6.04. The van der Waals surface area contributed by atoms with Crippen molar-refractivity contribution in [3.63, 3.8) is 0 Å². The maximum absolute atomic E-state index is 12.8. The summed E-state index contributed by atoms with van der Waals surface area (Å²) >= 11 is 1.50. The lowest BCUT2D eigenvalue weighted by Gasteiger charge is -2.29. The molecule has 1 amide bonds. The normalized spacial score (nSPS) is 23.1. The zero-order valence-corrected chi connectivity index (χ0v) is 15.7. The van der Waals surface area contributed by atoms with E-state index in [0.29, 0.717) is 10.6 Å². The highest BCUT2D eigenvalue weighted by Crippen LogP contribution is 2.45. The second-order valence-corrected chi connectivity index (χ2v) is 9.06. The number of hydrogen-bond donors (Lipinski definition) is 1. The molecule has 1 aromatic heterocycles. The summed E-state index contributed by atoms with van der Waals surface area (Å²) in [5, 5.41) is 10.4. The van der Waals surface area contributed by atoms with Crippen molar-refractivity contribution in [3.8, 4) is 0 Å². The highest BCUT2D eigenvalue weighted by Gasteiger charge is 2.36. The molecule has 0 spiro atoms. The fourth-order valence-corrected chi connectivity index (χ4v) is 5.15. The van der Waals surface area contributed by atoms with Crippen LogP contribution in [0.5, 0.6) is 0 Å². The highest BCUT2D eigenvalue weighted by molar-refractivity contribution is 7.17. The van der Waals surface area contributed by atoms with Gasteiger partial charge in [-0.05, 0) is 50.3 Å².